The Kier molecular flexibility index (Phi) is 1.88. The highest BCUT2D eigenvalue weighted by molar-refractivity contribution is 4.91. The quantitative estimate of drug-likeness (QED) is 0.554. The molecule has 4 heteroatoms. The molecule has 2 fully saturated rings. The first-order chi connectivity index (χ1) is 5.58. The summed E-state index contributed by atoms with van der Waals surface area (Å²) in [5, 5.41) is 0. The molecular formula is C8H15NO3. The minimum atomic E-state index is -0.499. The zero-order valence-corrected chi connectivity index (χ0v) is 7.45. The zero-order chi connectivity index (χ0) is 8.77. The fraction of sp³-hybridized carbons (Fsp3) is 1.00. The minimum absolute atomic E-state index is 0.00810. The van der Waals surface area contributed by atoms with E-state index in [4.69, 9.17) is 19.9 Å². The first kappa shape index (κ1) is 8.44. The average molecular weight is 173 g/mol. The van der Waals surface area contributed by atoms with Gasteiger partial charge in [0.2, 0.25) is 0 Å². The Morgan fingerprint density at radius 2 is 2.00 bits per heavy atom. The van der Waals surface area contributed by atoms with E-state index < -0.39 is 5.79 Å². The molecule has 0 amide bonds. The van der Waals surface area contributed by atoms with Gasteiger partial charge in [-0.25, -0.2) is 0 Å². The van der Waals surface area contributed by atoms with Crippen LogP contribution in [0.4, 0.5) is 0 Å². The summed E-state index contributed by atoms with van der Waals surface area (Å²) in [4.78, 5) is 0. The van der Waals surface area contributed by atoms with E-state index in [0.717, 1.165) is 0 Å². The van der Waals surface area contributed by atoms with Crippen molar-refractivity contribution < 1.29 is 14.2 Å². The van der Waals surface area contributed by atoms with Crippen molar-refractivity contribution in [3.63, 3.8) is 0 Å². The van der Waals surface area contributed by atoms with E-state index in [1.54, 1.807) is 0 Å². The fourth-order valence-corrected chi connectivity index (χ4v) is 1.77. The molecule has 2 saturated heterocycles. The van der Waals surface area contributed by atoms with Crippen molar-refractivity contribution in [3.8, 4) is 0 Å². The maximum atomic E-state index is 5.81. The Balaban J connectivity index is 2.09. The van der Waals surface area contributed by atoms with Crippen LogP contribution in [0.15, 0.2) is 0 Å². The smallest absolute Gasteiger partial charge is 0.163 e. The maximum Gasteiger partial charge on any atom is 0.163 e. The van der Waals surface area contributed by atoms with Gasteiger partial charge in [0.15, 0.2) is 5.79 Å². The first-order valence-corrected chi connectivity index (χ1v) is 4.27. The normalized spacial score (nSPS) is 45.8. The highest BCUT2D eigenvalue weighted by Gasteiger charge is 2.46. The molecule has 0 radical (unpaired) electrons. The van der Waals surface area contributed by atoms with Gasteiger partial charge in [-0.3, -0.25) is 0 Å². The summed E-state index contributed by atoms with van der Waals surface area (Å²) in [5.41, 5.74) is 5.81. The number of hydrogen-bond acceptors (Lipinski definition) is 4. The molecule has 2 aliphatic heterocycles. The summed E-state index contributed by atoms with van der Waals surface area (Å²) < 4.78 is 16.5. The fourth-order valence-electron chi connectivity index (χ4n) is 1.77. The Labute approximate surface area is 72.0 Å². The molecule has 70 valence electrons. The van der Waals surface area contributed by atoms with Gasteiger partial charge in [-0.1, -0.05) is 0 Å². The molecule has 0 aromatic rings. The highest BCUT2D eigenvalue weighted by atomic mass is 16.8. The molecule has 0 aromatic heterocycles. The molecular weight excluding hydrogens is 158 g/mol. The lowest BCUT2D eigenvalue weighted by Gasteiger charge is -2.28. The monoisotopic (exact) mass is 173 g/mol. The lowest BCUT2D eigenvalue weighted by Crippen LogP contribution is -2.50. The third kappa shape index (κ3) is 1.35. The van der Waals surface area contributed by atoms with Gasteiger partial charge in [-0.2, -0.15) is 0 Å². The number of ether oxygens (including phenoxy) is 3. The van der Waals surface area contributed by atoms with Gasteiger partial charge >= 0.3 is 0 Å². The second-order valence-electron chi connectivity index (χ2n) is 3.84. The lowest BCUT2D eigenvalue weighted by atomic mass is 10.1. The molecule has 4 nitrogen and oxygen atoms in total. The average Bonchev–Trinajstić information content (AvgIpc) is 2.25. The highest BCUT2D eigenvalue weighted by Crippen LogP contribution is 2.31. The van der Waals surface area contributed by atoms with Gasteiger partial charge in [0.05, 0.1) is 19.3 Å². The maximum absolute atomic E-state index is 5.81. The van der Waals surface area contributed by atoms with Crippen LogP contribution in [0.2, 0.25) is 0 Å². The third-order valence-corrected chi connectivity index (χ3v) is 2.24. The number of fused-ring (bicyclic) bond motifs is 1. The summed E-state index contributed by atoms with van der Waals surface area (Å²) in [5.74, 6) is -0.499. The van der Waals surface area contributed by atoms with E-state index >= 15 is 0 Å². The number of nitrogens with two attached hydrogens (primary N) is 1. The molecule has 12 heavy (non-hydrogen) atoms. The summed E-state index contributed by atoms with van der Waals surface area (Å²) in [6.45, 7) is 4.97. The molecule has 2 aliphatic rings. The second-order valence-corrected chi connectivity index (χ2v) is 3.84. The van der Waals surface area contributed by atoms with Crippen LogP contribution in [0, 0.1) is 0 Å². The molecule has 0 bridgehead atoms. The second kappa shape index (κ2) is 2.67. The van der Waals surface area contributed by atoms with Crippen LogP contribution in [0.5, 0.6) is 0 Å². The van der Waals surface area contributed by atoms with Crippen molar-refractivity contribution in [1.82, 2.24) is 0 Å². The van der Waals surface area contributed by atoms with Crippen LogP contribution in [0.25, 0.3) is 0 Å². The summed E-state index contributed by atoms with van der Waals surface area (Å²) >= 11 is 0. The Hall–Kier alpha value is -0.160. The third-order valence-electron chi connectivity index (χ3n) is 2.24. The number of hydrogen-bond donors (Lipinski definition) is 1. The summed E-state index contributed by atoms with van der Waals surface area (Å²) in [7, 11) is 0. The van der Waals surface area contributed by atoms with E-state index in [1.807, 2.05) is 13.8 Å². The summed E-state index contributed by atoms with van der Waals surface area (Å²) in [6, 6.07) is -0.0504. The lowest BCUT2D eigenvalue weighted by molar-refractivity contribution is -0.146. The van der Waals surface area contributed by atoms with Crippen LogP contribution in [0.1, 0.15) is 13.8 Å². The van der Waals surface area contributed by atoms with Crippen LogP contribution in [-0.4, -0.2) is 37.3 Å². The molecule has 3 unspecified atom stereocenters. The van der Waals surface area contributed by atoms with Crippen molar-refractivity contribution >= 4 is 0 Å². The van der Waals surface area contributed by atoms with Crippen molar-refractivity contribution in [2.45, 2.75) is 37.9 Å². The molecule has 0 aliphatic carbocycles. The van der Waals surface area contributed by atoms with Crippen LogP contribution in [-0.2, 0) is 14.2 Å². The van der Waals surface area contributed by atoms with Gasteiger partial charge in [-0.05, 0) is 13.8 Å². The van der Waals surface area contributed by atoms with Crippen LogP contribution < -0.4 is 5.73 Å². The molecule has 0 spiro atoms. The molecule has 2 heterocycles. The minimum Gasteiger partial charge on any atom is -0.377 e. The Bertz CT molecular complexity index is 183. The Morgan fingerprint density at radius 1 is 1.25 bits per heavy atom. The SMILES string of the molecule is CC1(C)OC2COCC(N)C2O1. The van der Waals surface area contributed by atoms with Gasteiger partial charge in [0, 0.05) is 0 Å². The van der Waals surface area contributed by atoms with Gasteiger partial charge in [-0.15, -0.1) is 0 Å². The van der Waals surface area contributed by atoms with Crippen molar-refractivity contribution in [3.05, 3.63) is 0 Å². The zero-order valence-electron chi connectivity index (χ0n) is 7.45. The summed E-state index contributed by atoms with van der Waals surface area (Å²) in [6.07, 6.45) is 0.0255. The van der Waals surface area contributed by atoms with Gasteiger partial charge < -0.3 is 19.9 Å². The van der Waals surface area contributed by atoms with E-state index in [9.17, 15) is 0 Å². The Morgan fingerprint density at radius 3 is 2.67 bits per heavy atom. The van der Waals surface area contributed by atoms with Crippen molar-refractivity contribution in [2.75, 3.05) is 13.2 Å². The standard InChI is InChI=1S/C8H15NO3/c1-8(2)11-6-4-10-3-5(9)7(6)12-8/h5-7H,3-4,9H2,1-2H3. The van der Waals surface area contributed by atoms with Crippen LogP contribution in [0.3, 0.4) is 0 Å². The van der Waals surface area contributed by atoms with Crippen LogP contribution >= 0.6 is 0 Å². The molecule has 2 N–H and O–H groups in total. The van der Waals surface area contributed by atoms with Gasteiger partial charge in [0.1, 0.15) is 12.2 Å². The van der Waals surface area contributed by atoms with Gasteiger partial charge in [0.25, 0.3) is 0 Å². The predicted octanol–water partition coefficient (Wildman–Crippen LogP) is -0.136. The molecule has 3 atom stereocenters. The van der Waals surface area contributed by atoms with Crippen molar-refractivity contribution in [2.24, 2.45) is 5.73 Å². The largest absolute Gasteiger partial charge is 0.377 e. The first-order valence-electron chi connectivity index (χ1n) is 4.27. The number of rotatable bonds is 0. The molecule has 0 saturated carbocycles. The van der Waals surface area contributed by atoms with E-state index in [0.29, 0.717) is 13.2 Å². The van der Waals surface area contributed by atoms with E-state index in [-0.39, 0.29) is 18.2 Å². The van der Waals surface area contributed by atoms with Crippen molar-refractivity contribution in [1.29, 1.82) is 0 Å². The van der Waals surface area contributed by atoms with E-state index in [2.05, 4.69) is 0 Å². The topological polar surface area (TPSA) is 53.7 Å². The van der Waals surface area contributed by atoms with E-state index in [1.165, 1.54) is 0 Å². The predicted molar refractivity (Wildman–Crippen MR) is 42.6 cm³/mol. The molecule has 2 rings (SSSR count). The molecule has 0 aromatic carbocycles.